The number of para-hydroxylation sites is 1. The van der Waals surface area contributed by atoms with Gasteiger partial charge < -0.3 is 19.9 Å². The Labute approximate surface area is 236 Å². The van der Waals surface area contributed by atoms with E-state index in [9.17, 15) is 10.1 Å². The molecule has 10 nitrogen and oxygen atoms in total. The third-order valence-electron chi connectivity index (χ3n) is 7.28. The molecule has 1 N–H and O–H groups in total. The highest BCUT2D eigenvalue weighted by Gasteiger charge is 2.28. The van der Waals surface area contributed by atoms with Crippen molar-refractivity contribution in [3.05, 3.63) is 65.4 Å². The van der Waals surface area contributed by atoms with Gasteiger partial charge >= 0.3 is 0 Å². The molecule has 40 heavy (non-hydrogen) atoms. The Morgan fingerprint density at radius 1 is 1.18 bits per heavy atom. The highest BCUT2D eigenvalue weighted by molar-refractivity contribution is 6.76. The Morgan fingerprint density at radius 2 is 2.00 bits per heavy atom. The summed E-state index contributed by atoms with van der Waals surface area (Å²) in [7, 11) is -1.15. The van der Waals surface area contributed by atoms with E-state index >= 15 is 0 Å². The van der Waals surface area contributed by atoms with Crippen molar-refractivity contribution in [1.82, 2.24) is 24.4 Å². The lowest BCUT2D eigenvalue weighted by Crippen LogP contribution is -2.44. The van der Waals surface area contributed by atoms with Crippen LogP contribution < -0.4 is 10.2 Å². The maximum atomic E-state index is 12.5. The zero-order valence-corrected chi connectivity index (χ0v) is 24.6. The van der Waals surface area contributed by atoms with Gasteiger partial charge in [0.05, 0.1) is 25.0 Å². The van der Waals surface area contributed by atoms with Gasteiger partial charge in [0.25, 0.3) is 0 Å². The number of ether oxygens (including phenoxy) is 1. The SMILES string of the molecule is CC1=CC(C#N)=C(N2Cc3ccccc3N(CCNc3ncnc4c3ncn4COCC[Si](C)(C)C)C2)CC1=O. The van der Waals surface area contributed by atoms with Crippen LogP contribution in [0.5, 0.6) is 0 Å². The summed E-state index contributed by atoms with van der Waals surface area (Å²) >= 11 is 0. The fraction of sp³-hybridized carbons (Fsp3) is 0.414. The molecular formula is C29H36N8O2Si. The molecule has 0 atom stereocenters. The average Bonchev–Trinajstić information content (AvgIpc) is 3.35. The second-order valence-corrected chi connectivity index (χ2v) is 17.1. The first kappa shape index (κ1) is 27.5. The van der Waals surface area contributed by atoms with Crippen LogP contribution >= 0.6 is 0 Å². The first-order valence-corrected chi connectivity index (χ1v) is 17.3. The number of fused-ring (bicyclic) bond motifs is 2. The standard InChI is InChI=1S/C29H36N8O2Si/c1-21-13-23(15-30)25(14-26(21)38)36-16-22-7-5-6-8-24(22)35(19-36)10-9-31-28-27-29(33-17-32-28)37(18-34-27)20-39-11-12-40(2,3)4/h5-8,13,17-18H,9-12,14,16,19-20H2,1-4H3,(H,31,32,33). The molecule has 0 radical (unpaired) electrons. The molecule has 1 aliphatic carbocycles. The largest absolute Gasteiger partial charge is 0.366 e. The number of Topliss-reactive ketones (excluding diaryl/α,β-unsaturated/α-hetero) is 1. The monoisotopic (exact) mass is 556 g/mol. The Hall–Kier alpha value is -4.01. The van der Waals surface area contributed by atoms with E-state index in [1.807, 2.05) is 16.7 Å². The molecule has 0 bridgehead atoms. The third kappa shape index (κ3) is 6.08. The van der Waals surface area contributed by atoms with Gasteiger partial charge in [-0.2, -0.15) is 5.26 Å². The minimum Gasteiger partial charge on any atom is -0.366 e. The van der Waals surface area contributed by atoms with E-state index in [1.54, 1.807) is 25.7 Å². The third-order valence-corrected chi connectivity index (χ3v) is 8.98. The zero-order chi connectivity index (χ0) is 28.3. The fourth-order valence-electron chi connectivity index (χ4n) is 4.96. The number of ketones is 1. The van der Waals surface area contributed by atoms with Gasteiger partial charge in [0, 0.05) is 45.7 Å². The van der Waals surface area contributed by atoms with Crippen molar-refractivity contribution < 1.29 is 9.53 Å². The van der Waals surface area contributed by atoms with Gasteiger partial charge in [-0.05, 0) is 36.2 Å². The maximum absolute atomic E-state index is 12.5. The molecule has 0 amide bonds. The molecule has 5 rings (SSSR count). The summed E-state index contributed by atoms with van der Waals surface area (Å²) in [6.07, 6.45) is 5.27. The minimum absolute atomic E-state index is 0.0646. The molecule has 3 aromatic rings. The summed E-state index contributed by atoms with van der Waals surface area (Å²) in [5, 5.41) is 13.2. The smallest absolute Gasteiger partial charge is 0.167 e. The lowest BCUT2D eigenvalue weighted by molar-refractivity contribution is -0.115. The number of hydrogen-bond acceptors (Lipinski definition) is 9. The van der Waals surface area contributed by atoms with Crippen LogP contribution in [0.1, 0.15) is 18.9 Å². The van der Waals surface area contributed by atoms with Crippen LogP contribution in [0.15, 0.2) is 59.8 Å². The normalized spacial score (nSPS) is 15.8. The molecule has 0 spiro atoms. The Balaban J connectivity index is 1.27. The minimum atomic E-state index is -1.15. The predicted molar refractivity (Wildman–Crippen MR) is 158 cm³/mol. The number of hydrogen-bond donors (Lipinski definition) is 1. The lowest BCUT2D eigenvalue weighted by Gasteiger charge is -2.41. The number of anilines is 2. The highest BCUT2D eigenvalue weighted by atomic mass is 28.3. The number of carbonyl (C=O) groups excluding carboxylic acids is 1. The number of nitriles is 1. The van der Waals surface area contributed by atoms with Crippen molar-refractivity contribution in [3.63, 3.8) is 0 Å². The molecule has 0 saturated carbocycles. The summed E-state index contributed by atoms with van der Waals surface area (Å²) in [4.78, 5) is 30.4. The molecule has 208 valence electrons. The van der Waals surface area contributed by atoms with Gasteiger partial charge in [0.2, 0.25) is 0 Å². The average molecular weight is 557 g/mol. The van der Waals surface area contributed by atoms with Crippen molar-refractivity contribution in [3.8, 4) is 6.07 Å². The van der Waals surface area contributed by atoms with Crippen molar-refractivity contribution >= 4 is 36.5 Å². The summed E-state index contributed by atoms with van der Waals surface area (Å²) < 4.78 is 7.81. The zero-order valence-electron chi connectivity index (χ0n) is 23.6. The Kier molecular flexibility index (Phi) is 8.00. The number of benzene rings is 1. The molecule has 0 fully saturated rings. The molecule has 0 saturated heterocycles. The summed E-state index contributed by atoms with van der Waals surface area (Å²) in [5.41, 5.74) is 5.76. The second kappa shape index (κ2) is 11.6. The van der Waals surface area contributed by atoms with E-state index in [0.29, 0.717) is 55.5 Å². The number of nitrogens with one attached hydrogen (secondary N) is 1. The number of imidazole rings is 1. The molecular weight excluding hydrogens is 520 g/mol. The van der Waals surface area contributed by atoms with Crippen LogP contribution in [0.4, 0.5) is 11.5 Å². The highest BCUT2D eigenvalue weighted by Crippen LogP contribution is 2.33. The molecule has 3 heterocycles. The van der Waals surface area contributed by atoms with Crippen molar-refractivity contribution in [2.45, 2.75) is 52.3 Å². The van der Waals surface area contributed by atoms with Crippen LogP contribution in [-0.4, -0.2) is 64.6 Å². The molecule has 1 aromatic carbocycles. The Morgan fingerprint density at radius 3 is 2.80 bits per heavy atom. The molecule has 1 aliphatic heterocycles. The van der Waals surface area contributed by atoms with E-state index in [2.05, 4.69) is 67.9 Å². The topological polar surface area (TPSA) is 112 Å². The summed E-state index contributed by atoms with van der Waals surface area (Å²) in [5.74, 6) is 0.746. The van der Waals surface area contributed by atoms with E-state index in [4.69, 9.17) is 4.74 Å². The van der Waals surface area contributed by atoms with Crippen LogP contribution in [0.2, 0.25) is 25.7 Å². The number of allylic oxidation sites excluding steroid dienone is 4. The van der Waals surface area contributed by atoms with Gasteiger partial charge in [-0.3, -0.25) is 9.36 Å². The number of rotatable bonds is 10. The van der Waals surface area contributed by atoms with Crippen LogP contribution in [0.3, 0.4) is 0 Å². The second-order valence-electron chi connectivity index (χ2n) is 11.5. The fourth-order valence-corrected chi connectivity index (χ4v) is 5.72. The summed E-state index contributed by atoms with van der Waals surface area (Å²) in [6.45, 7) is 12.5. The van der Waals surface area contributed by atoms with E-state index < -0.39 is 8.07 Å². The van der Waals surface area contributed by atoms with E-state index in [-0.39, 0.29) is 12.2 Å². The molecule has 2 aromatic heterocycles. The van der Waals surface area contributed by atoms with Crippen LogP contribution in [0, 0.1) is 11.3 Å². The van der Waals surface area contributed by atoms with Crippen molar-refractivity contribution in [2.24, 2.45) is 0 Å². The van der Waals surface area contributed by atoms with Gasteiger partial charge in [-0.15, -0.1) is 0 Å². The molecule has 2 aliphatic rings. The van der Waals surface area contributed by atoms with Crippen LogP contribution in [-0.2, 0) is 22.8 Å². The maximum Gasteiger partial charge on any atom is 0.167 e. The number of nitrogens with zero attached hydrogens (tertiary/aromatic N) is 7. The van der Waals surface area contributed by atoms with Crippen molar-refractivity contribution in [1.29, 1.82) is 5.26 Å². The number of carbonyl (C=O) groups is 1. The lowest BCUT2D eigenvalue weighted by atomic mass is 9.95. The van der Waals surface area contributed by atoms with Gasteiger partial charge in [-0.25, -0.2) is 15.0 Å². The number of aromatic nitrogens is 4. The van der Waals surface area contributed by atoms with Crippen LogP contribution in [0.25, 0.3) is 11.2 Å². The predicted octanol–water partition coefficient (Wildman–Crippen LogP) is 4.53. The van der Waals surface area contributed by atoms with Gasteiger partial charge in [0.15, 0.2) is 17.2 Å². The summed E-state index contributed by atoms with van der Waals surface area (Å²) in [6, 6.07) is 11.7. The molecule has 0 unspecified atom stereocenters. The first-order valence-electron chi connectivity index (χ1n) is 13.6. The first-order chi connectivity index (χ1) is 19.2. The quantitative estimate of drug-likeness (QED) is 0.284. The van der Waals surface area contributed by atoms with E-state index in [1.165, 1.54) is 0 Å². The van der Waals surface area contributed by atoms with Gasteiger partial charge in [-0.1, -0.05) is 37.8 Å². The van der Waals surface area contributed by atoms with Gasteiger partial charge in [0.1, 0.15) is 24.6 Å². The Bertz CT molecular complexity index is 1510. The molecule has 11 heteroatoms. The van der Waals surface area contributed by atoms with E-state index in [0.717, 1.165) is 35.2 Å². The van der Waals surface area contributed by atoms with Crippen molar-refractivity contribution in [2.75, 3.05) is 36.6 Å².